The summed E-state index contributed by atoms with van der Waals surface area (Å²) in [5.41, 5.74) is 5.41. The first kappa shape index (κ1) is 14.7. The van der Waals surface area contributed by atoms with Crippen molar-refractivity contribution in [3.63, 3.8) is 0 Å². The summed E-state index contributed by atoms with van der Waals surface area (Å²) in [4.78, 5) is 11.9. The zero-order valence-corrected chi connectivity index (χ0v) is 11.0. The second kappa shape index (κ2) is 6.03. The van der Waals surface area contributed by atoms with Crippen molar-refractivity contribution in [2.75, 3.05) is 6.54 Å². The highest BCUT2D eigenvalue weighted by atomic mass is 35.5. The second-order valence-corrected chi connectivity index (χ2v) is 5.33. The molecular weight excluding hydrogens is 240 g/mol. The number of aliphatic hydroxyl groups is 1. The van der Waals surface area contributed by atoms with Gasteiger partial charge in [-0.3, -0.25) is 4.79 Å². The van der Waals surface area contributed by atoms with Crippen molar-refractivity contribution >= 4 is 18.3 Å². The van der Waals surface area contributed by atoms with Crippen LogP contribution in [0, 0.1) is 5.92 Å². The molecule has 4 N–H and O–H groups in total. The van der Waals surface area contributed by atoms with E-state index in [0.717, 1.165) is 44.9 Å². The SMILES string of the molecule is Cl.NC1(C(=O)NCC2CCCC2O)CCCC1. The minimum Gasteiger partial charge on any atom is -0.393 e. The summed E-state index contributed by atoms with van der Waals surface area (Å²) in [5, 5.41) is 12.6. The summed E-state index contributed by atoms with van der Waals surface area (Å²) in [6, 6.07) is 0. The molecule has 0 heterocycles. The van der Waals surface area contributed by atoms with E-state index >= 15 is 0 Å². The normalized spacial score (nSPS) is 30.9. The third-order valence-corrected chi connectivity index (χ3v) is 4.09. The summed E-state index contributed by atoms with van der Waals surface area (Å²) < 4.78 is 0. The minimum atomic E-state index is -0.635. The summed E-state index contributed by atoms with van der Waals surface area (Å²) in [7, 11) is 0. The summed E-state index contributed by atoms with van der Waals surface area (Å²) in [5.74, 6) is 0.207. The van der Waals surface area contributed by atoms with Crippen LogP contribution >= 0.6 is 12.4 Å². The number of halogens is 1. The zero-order chi connectivity index (χ0) is 11.6. The Morgan fingerprint density at radius 3 is 2.47 bits per heavy atom. The van der Waals surface area contributed by atoms with Crippen LogP contribution in [0.3, 0.4) is 0 Å². The van der Waals surface area contributed by atoms with E-state index in [0.29, 0.717) is 6.54 Å². The van der Waals surface area contributed by atoms with Gasteiger partial charge >= 0.3 is 0 Å². The van der Waals surface area contributed by atoms with E-state index in [9.17, 15) is 9.90 Å². The Labute approximate surface area is 109 Å². The van der Waals surface area contributed by atoms with Gasteiger partial charge in [0.15, 0.2) is 0 Å². The number of rotatable bonds is 3. The standard InChI is InChI=1S/C12H22N2O2.ClH/c13-12(6-1-2-7-12)11(16)14-8-9-4-3-5-10(9)15;/h9-10,15H,1-8,13H2,(H,14,16);1H. The minimum absolute atomic E-state index is 0. The van der Waals surface area contributed by atoms with Crippen molar-refractivity contribution in [2.45, 2.75) is 56.6 Å². The molecule has 0 spiro atoms. The lowest BCUT2D eigenvalue weighted by molar-refractivity contribution is -0.126. The largest absolute Gasteiger partial charge is 0.393 e. The molecule has 0 aromatic rings. The van der Waals surface area contributed by atoms with Crippen LogP contribution in [0.4, 0.5) is 0 Å². The molecule has 2 atom stereocenters. The third-order valence-electron chi connectivity index (χ3n) is 4.09. The highest BCUT2D eigenvalue weighted by Gasteiger charge is 2.37. The maximum absolute atomic E-state index is 11.9. The summed E-state index contributed by atoms with van der Waals surface area (Å²) in [6.07, 6.45) is 6.41. The lowest BCUT2D eigenvalue weighted by Gasteiger charge is -2.24. The molecule has 0 radical (unpaired) electrons. The number of carbonyl (C=O) groups excluding carboxylic acids is 1. The van der Waals surface area contributed by atoms with Gasteiger partial charge in [0.1, 0.15) is 0 Å². The van der Waals surface area contributed by atoms with E-state index in [4.69, 9.17) is 5.73 Å². The van der Waals surface area contributed by atoms with Gasteiger partial charge in [-0.2, -0.15) is 0 Å². The maximum Gasteiger partial charge on any atom is 0.240 e. The van der Waals surface area contributed by atoms with Crippen LogP contribution in [0.1, 0.15) is 44.9 Å². The van der Waals surface area contributed by atoms with E-state index < -0.39 is 5.54 Å². The maximum atomic E-state index is 11.9. The fourth-order valence-electron chi connectivity index (χ4n) is 2.89. The van der Waals surface area contributed by atoms with Gasteiger partial charge in [-0.15, -0.1) is 12.4 Å². The number of carbonyl (C=O) groups is 1. The van der Waals surface area contributed by atoms with Crippen LogP contribution in [-0.2, 0) is 4.79 Å². The Hall–Kier alpha value is -0.320. The molecule has 0 aromatic heterocycles. The highest BCUT2D eigenvalue weighted by Crippen LogP contribution is 2.28. The number of aliphatic hydroxyl groups excluding tert-OH is 1. The highest BCUT2D eigenvalue weighted by molar-refractivity contribution is 5.86. The quantitative estimate of drug-likeness (QED) is 0.709. The van der Waals surface area contributed by atoms with Crippen molar-refractivity contribution in [2.24, 2.45) is 11.7 Å². The Bertz CT molecular complexity index is 267. The first-order chi connectivity index (χ1) is 7.62. The van der Waals surface area contributed by atoms with Crippen LogP contribution < -0.4 is 11.1 Å². The van der Waals surface area contributed by atoms with Gasteiger partial charge in [-0.25, -0.2) is 0 Å². The number of hydrogen-bond donors (Lipinski definition) is 3. The molecule has 4 nitrogen and oxygen atoms in total. The Kier molecular flexibility index (Phi) is 5.22. The molecule has 0 aromatic carbocycles. The van der Waals surface area contributed by atoms with Crippen molar-refractivity contribution in [1.82, 2.24) is 5.32 Å². The average Bonchev–Trinajstić information content (AvgIpc) is 2.85. The topological polar surface area (TPSA) is 75.4 Å². The summed E-state index contributed by atoms with van der Waals surface area (Å²) in [6.45, 7) is 0.582. The van der Waals surface area contributed by atoms with Crippen LogP contribution in [0.5, 0.6) is 0 Å². The van der Waals surface area contributed by atoms with Gasteiger partial charge in [-0.1, -0.05) is 19.3 Å². The Morgan fingerprint density at radius 1 is 1.29 bits per heavy atom. The number of amides is 1. The van der Waals surface area contributed by atoms with Crippen molar-refractivity contribution in [3.8, 4) is 0 Å². The Balaban J connectivity index is 0.00000144. The molecule has 2 aliphatic carbocycles. The van der Waals surface area contributed by atoms with Gasteiger partial charge in [0.2, 0.25) is 5.91 Å². The molecule has 0 bridgehead atoms. The first-order valence-electron chi connectivity index (χ1n) is 6.37. The van der Waals surface area contributed by atoms with Crippen LogP contribution in [-0.4, -0.2) is 29.2 Å². The molecule has 100 valence electrons. The molecule has 0 saturated heterocycles. The zero-order valence-electron chi connectivity index (χ0n) is 10.2. The third kappa shape index (κ3) is 3.33. The van der Waals surface area contributed by atoms with Gasteiger partial charge in [-0.05, 0) is 25.7 Å². The molecule has 0 aliphatic heterocycles. The van der Waals surface area contributed by atoms with E-state index in [-0.39, 0.29) is 30.3 Å². The fraction of sp³-hybridized carbons (Fsp3) is 0.917. The van der Waals surface area contributed by atoms with Gasteiger partial charge in [0, 0.05) is 12.5 Å². The van der Waals surface area contributed by atoms with Crippen LogP contribution in [0.15, 0.2) is 0 Å². The predicted octanol–water partition coefficient (Wildman–Crippen LogP) is 0.957. The second-order valence-electron chi connectivity index (χ2n) is 5.33. The molecule has 17 heavy (non-hydrogen) atoms. The molecule has 1 amide bonds. The van der Waals surface area contributed by atoms with Crippen molar-refractivity contribution < 1.29 is 9.90 Å². The van der Waals surface area contributed by atoms with Gasteiger partial charge in [0.25, 0.3) is 0 Å². The van der Waals surface area contributed by atoms with Crippen molar-refractivity contribution in [3.05, 3.63) is 0 Å². The molecule has 5 heteroatoms. The lowest BCUT2D eigenvalue weighted by atomic mass is 9.97. The van der Waals surface area contributed by atoms with E-state index in [1.807, 2.05) is 0 Å². The molecule has 2 rings (SSSR count). The molecular formula is C12H23ClN2O2. The Morgan fingerprint density at radius 2 is 1.94 bits per heavy atom. The van der Waals surface area contributed by atoms with E-state index in [2.05, 4.69) is 5.32 Å². The van der Waals surface area contributed by atoms with Crippen LogP contribution in [0.2, 0.25) is 0 Å². The average molecular weight is 263 g/mol. The first-order valence-corrected chi connectivity index (χ1v) is 6.37. The molecule has 2 fully saturated rings. The predicted molar refractivity (Wildman–Crippen MR) is 69.0 cm³/mol. The molecule has 2 aliphatic rings. The number of nitrogens with one attached hydrogen (secondary N) is 1. The van der Waals surface area contributed by atoms with E-state index in [1.165, 1.54) is 0 Å². The van der Waals surface area contributed by atoms with Crippen molar-refractivity contribution in [1.29, 1.82) is 0 Å². The molecule has 2 saturated carbocycles. The monoisotopic (exact) mass is 262 g/mol. The molecule has 2 unspecified atom stereocenters. The van der Waals surface area contributed by atoms with E-state index in [1.54, 1.807) is 0 Å². The fourth-order valence-corrected chi connectivity index (χ4v) is 2.89. The van der Waals surface area contributed by atoms with Crippen LogP contribution in [0.25, 0.3) is 0 Å². The lowest BCUT2D eigenvalue weighted by Crippen LogP contribution is -2.53. The summed E-state index contributed by atoms with van der Waals surface area (Å²) >= 11 is 0. The smallest absolute Gasteiger partial charge is 0.240 e. The van der Waals surface area contributed by atoms with Gasteiger partial charge < -0.3 is 16.2 Å². The number of hydrogen-bond acceptors (Lipinski definition) is 3. The number of nitrogens with two attached hydrogens (primary N) is 1. The van der Waals surface area contributed by atoms with Gasteiger partial charge in [0.05, 0.1) is 11.6 Å².